The molecule has 0 amide bonds. The zero-order chi connectivity index (χ0) is 14.6. The fourth-order valence-electron chi connectivity index (χ4n) is 4.47. The van der Waals surface area contributed by atoms with Gasteiger partial charge in [-0.1, -0.05) is 0 Å². The number of rotatable bonds is 2. The Morgan fingerprint density at radius 1 is 1.10 bits per heavy atom. The molecule has 0 aromatic carbocycles. The summed E-state index contributed by atoms with van der Waals surface area (Å²) in [5.74, 6) is 0.676. The van der Waals surface area contributed by atoms with Gasteiger partial charge in [-0.05, 0) is 0 Å². The second-order valence-corrected chi connectivity index (χ2v) is 50.0. The minimum Gasteiger partial charge on any atom is -0.147 e. The van der Waals surface area contributed by atoms with Gasteiger partial charge < -0.3 is 0 Å². The minimum absolute atomic E-state index is 0. The van der Waals surface area contributed by atoms with Crippen LogP contribution >= 0.6 is 24.8 Å². The van der Waals surface area contributed by atoms with Gasteiger partial charge in [0.2, 0.25) is 0 Å². The van der Waals surface area contributed by atoms with Crippen LogP contribution in [-0.4, -0.2) is 12.1 Å². The van der Waals surface area contributed by atoms with Gasteiger partial charge in [0, 0.05) is 0 Å². The Hall–Kier alpha value is 0.966. The summed E-state index contributed by atoms with van der Waals surface area (Å²) in [6.45, 7) is 11.7. The third-order valence-electron chi connectivity index (χ3n) is 5.18. The van der Waals surface area contributed by atoms with E-state index in [2.05, 4.69) is 56.0 Å². The number of halogens is 2. The molecule has 0 bridgehead atoms. The molecule has 2 rings (SSSR count). The Bertz CT molecular complexity index is 642. The Labute approximate surface area is 148 Å². The van der Waals surface area contributed by atoms with Crippen molar-refractivity contribution < 1.29 is 15.7 Å². The fraction of sp³-hybridized carbons (Fsp3) is 0.529. The van der Waals surface area contributed by atoms with Crippen LogP contribution in [0.1, 0.15) is 41.0 Å². The molecule has 0 spiro atoms. The van der Waals surface area contributed by atoms with Crippen LogP contribution < -0.4 is 0 Å². The van der Waals surface area contributed by atoms with E-state index in [0.717, 1.165) is 0 Å². The average Bonchev–Trinajstić information content (AvgIpc) is 2.68. The largest absolute Gasteiger partial charge is 0.147 e. The Balaban J connectivity index is 0.00000200. The first-order chi connectivity index (χ1) is 8.53. The van der Waals surface area contributed by atoms with Crippen molar-refractivity contribution in [3.05, 3.63) is 41.0 Å². The zero-order valence-corrected chi connectivity index (χ0v) is 21.5. The van der Waals surface area contributed by atoms with E-state index in [-0.39, 0.29) is 24.8 Å². The molecule has 0 aliphatic heterocycles. The van der Waals surface area contributed by atoms with Crippen molar-refractivity contribution in [2.24, 2.45) is 5.92 Å². The van der Waals surface area contributed by atoms with Gasteiger partial charge >= 0.3 is 125 Å². The molecule has 0 N–H and O–H groups in total. The zero-order valence-electron chi connectivity index (χ0n) is 14.5. The molecule has 21 heavy (non-hydrogen) atoms. The Kier molecular flexibility index (Phi) is 7.15. The molecule has 1 atom stereocenters. The maximum atomic E-state index is 2.69. The molecule has 0 heterocycles. The standard InChI is InChI=1S/C8H11.C7H9.2CH3.2ClH.GeH2.Zr/c1-6-4-7(2)8(3)5-6;1-6-3-4-7(2)5-6;;;;;;/h4,6H,1-3H3;5H,3H2,1-2H3;2*1H3;2*1H;1H2;. The van der Waals surface area contributed by atoms with E-state index in [9.17, 15) is 0 Å². The molecule has 4 heteroatoms. The van der Waals surface area contributed by atoms with Gasteiger partial charge in [-0.3, -0.25) is 0 Å². The molecule has 2 aliphatic rings. The molecule has 0 aromatic heterocycles. The van der Waals surface area contributed by atoms with E-state index < -0.39 is 15.7 Å². The van der Waals surface area contributed by atoms with Crippen LogP contribution in [-0.2, 0) is 15.7 Å². The quantitative estimate of drug-likeness (QED) is 0.459. The number of hydrogen-bond acceptors (Lipinski definition) is 0. The van der Waals surface area contributed by atoms with Crippen LogP contribution in [0.3, 0.4) is 0 Å². The first-order valence-electron chi connectivity index (χ1n) is 7.38. The van der Waals surface area contributed by atoms with Crippen molar-refractivity contribution in [2.75, 3.05) is 0 Å². The summed E-state index contributed by atoms with van der Waals surface area (Å²) >= 11 is -1.34. The van der Waals surface area contributed by atoms with Gasteiger partial charge in [-0.25, -0.2) is 0 Å². The summed E-state index contributed by atoms with van der Waals surface area (Å²) in [4.78, 5) is 0. The first-order valence-corrected chi connectivity index (χ1v) is 25.3. The second-order valence-electron chi connectivity index (χ2n) is 7.69. The smallest absolute Gasteiger partial charge is 0.147 e. The van der Waals surface area contributed by atoms with Gasteiger partial charge in [-0.15, -0.1) is 24.8 Å². The molecule has 120 valence electrons. The van der Waals surface area contributed by atoms with Crippen LogP contribution in [0.4, 0.5) is 0 Å². The molecule has 2 aliphatic carbocycles. The monoisotopic (exact) mass is 468 g/mol. The predicted octanol–water partition coefficient (Wildman–Crippen LogP) is 5.66. The summed E-state index contributed by atoms with van der Waals surface area (Å²) in [5.41, 5.74) is 6.32. The normalized spacial score (nSPS) is 22.8. The van der Waals surface area contributed by atoms with Crippen LogP contribution in [0, 0.1) is 5.92 Å². The van der Waals surface area contributed by atoms with E-state index in [4.69, 9.17) is 0 Å². The third kappa shape index (κ3) is 3.73. The van der Waals surface area contributed by atoms with E-state index in [1.165, 1.54) is 24.1 Å². The Morgan fingerprint density at radius 2 is 1.62 bits per heavy atom. The molecule has 1 unspecified atom stereocenters. The second kappa shape index (κ2) is 6.84. The molecule has 0 aromatic rings. The SMILES string of the molecule is CC1=CC(C)=[C]([Zr]([CH3])([CH3])(=[GeH2])[C]2=C(C)C(C)=CC2C)C1.Cl.Cl. The van der Waals surface area contributed by atoms with Gasteiger partial charge in [-0.2, -0.15) is 0 Å². The van der Waals surface area contributed by atoms with Crippen molar-refractivity contribution in [3.63, 3.8) is 0 Å². The summed E-state index contributed by atoms with van der Waals surface area (Å²) in [7, 11) is 0. The van der Waals surface area contributed by atoms with E-state index >= 15 is 0 Å². The van der Waals surface area contributed by atoms with Crippen molar-refractivity contribution in [3.8, 4) is 0 Å². The van der Waals surface area contributed by atoms with Crippen molar-refractivity contribution in [2.45, 2.75) is 50.3 Å². The minimum atomic E-state index is -2.83. The van der Waals surface area contributed by atoms with E-state index in [1.54, 1.807) is 16.7 Å². The summed E-state index contributed by atoms with van der Waals surface area (Å²) < 4.78 is 9.11. The average molecular weight is 469 g/mol. The number of allylic oxidation sites excluding steroid dienone is 8. The molecule has 0 nitrogen and oxygen atoms in total. The van der Waals surface area contributed by atoms with Crippen molar-refractivity contribution in [1.29, 1.82) is 0 Å². The van der Waals surface area contributed by atoms with Gasteiger partial charge in [0.25, 0.3) is 0 Å². The van der Waals surface area contributed by atoms with Crippen LogP contribution in [0.2, 0.25) is 9.26 Å². The van der Waals surface area contributed by atoms with Crippen LogP contribution in [0.25, 0.3) is 0 Å². The molecule has 0 fully saturated rings. The molecule has 0 saturated carbocycles. The first kappa shape index (κ1) is 22.0. The van der Waals surface area contributed by atoms with E-state index in [1.807, 2.05) is 6.56 Å². The van der Waals surface area contributed by atoms with Gasteiger partial charge in [0.05, 0.1) is 0 Å². The summed E-state index contributed by atoms with van der Waals surface area (Å²) in [6.07, 6.45) is 6.18. The molecule has 0 radical (unpaired) electrons. The maximum absolute atomic E-state index is 2.83. The fourth-order valence-corrected chi connectivity index (χ4v) is 30.2. The molecule has 0 saturated heterocycles. The summed E-state index contributed by atoms with van der Waals surface area (Å²) in [6, 6.07) is 0. The van der Waals surface area contributed by atoms with Crippen LogP contribution in [0.5, 0.6) is 0 Å². The Morgan fingerprint density at radius 3 is 1.95 bits per heavy atom. The van der Waals surface area contributed by atoms with Crippen LogP contribution in [0.15, 0.2) is 41.0 Å². The molecular formula is C17H30Cl2GeZr. The maximum Gasteiger partial charge on any atom is -0.147 e. The topological polar surface area (TPSA) is 0 Å². The van der Waals surface area contributed by atoms with Gasteiger partial charge in [0.1, 0.15) is 0 Å². The number of hydrogen-bond donors (Lipinski definition) is 0. The molecular weight excluding hydrogens is 439 g/mol. The van der Waals surface area contributed by atoms with E-state index in [0.29, 0.717) is 5.92 Å². The van der Waals surface area contributed by atoms with Crippen molar-refractivity contribution in [1.82, 2.24) is 0 Å². The third-order valence-corrected chi connectivity index (χ3v) is 27.7. The predicted molar refractivity (Wildman–Crippen MR) is 101 cm³/mol. The van der Waals surface area contributed by atoms with Gasteiger partial charge in [0.15, 0.2) is 0 Å². The summed E-state index contributed by atoms with van der Waals surface area (Å²) in [5, 5.41) is 0. The van der Waals surface area contributed by atoms with Crippen molar-refractivity contribution >= 4 is 37.0 Å².